The summed E-state index contributed by atoms with van der Waals surface area (Å²) in [4.78, 5) is 14.5. The minimum absolute atomic E-state index is 0.375. The van der Waals surface area contributed by atoms with Gasteiger partial charge in [0.15, 0.2) is 0 Å². The van der Waals surface area contributed by atoms with E-state index in [1.54, 1.807) is 4.90 Å². The van der Waals surface area contributed by atoms with Crippen LogP contribution in [0.3, 0.4) is 0 Å². The Morgan fingerprint density at radius 3 is 2.46 bits per heavy atom. The Balaban J connectivity index is 2.23. The van der Waals surface area contributed by atoms with Gasteiger partial charge in [0.25, 0.3) is 0 Å². The van der Waals surface area contributed by atoms with E-state index in [2.05, 4.69) is 11.0 Å². The van der Waals surface area contributed by atoms with Crippen LogP contribution in [0.5, 0.6) is 0 Å². The first-order valence-electron chi connectivity index (χ1n) is 4.28. The Labute approximate surface area is 82.7 Å². The summed E-state index contributed by atoms with van der Waals surface area (Å²) in [6.07, 6.45) is 0.550. The van der Waals surface area contributed by atoms with Crippen LogP contribution < -0.4 is 0 Å². The molecule has 1 heterocycles. The summed E-state index contributed by atoms with van der Waals surface area (Å²) in [5.74, 6) is 0. The fourth-order valence-corrected chi connectivity index (χ4v) is 1.52. The van der Waals surface area contributed by atoms with Crippen molar-refractivity contribution >= 4 is 17.0 Å². The van der Waals surface area contributed by atoms with Crippen molar-refractivity contribution in [1.29, 1.82) is 5.26 Å². The molecule has 0 aliphatic carbocycles. The van der Waals surface area contributed by atoms with E-state index in [0.29, 0.717) is 19.5 Å². The molecule has 0 N–H and O–H groups in total. The molecule has 1 aliphatic rings. The Morgan fingerprint density at radius 2 is 2.00 bits per heavy atom. The molecule has 0 saturated carbocycles. The third-order valence-corrected chi connectivity index (χ3v) is 2.40. The molecule has 1 rings (SSSR count). The lowest BCUT2D eigenvalue weighted by molar-refractivity contribution is 0.155. The maximum Gasteiger partial charge on any atom is 0.316 e. The van der Waals surface area contributed by atoms with E-state index in [4.69, 9.17) is 16.9 Å². The molecule has 1 aliphatic heterocycles. The van der Waals surface area contributed by atoms with Gasteiger partial charge in [-0.05, 0) is 11.6 Å². The second kappa shape index (κ2) is 5.05. The number of nitrogens with zero attached hydrogens (tertiary/aromatic N) is 3. The minimum atomic E-state index is -0.375. The molecular weight excluding hydrogens is 190 g/mol. The van der Waals surface area contributed by atoms with Crippen LogP contribution in [0, 0.1) is 11.3 Å². The lowest BCUT2D eigenvalue weighted by Crippen LogP contribution is -2.47. The fraction of sp³-hybridized carbons (Fsp3) is 0.750. The average Bonchev–Trinajstić information content (AvgIpc) is 2.15. The molecule has 4 nitrogen and oxygen atoms in total. The smallest absolute Gasteiger partial charge is 0.316 e. The van der Waals surface area contributed by atoms with E-state index >= 15 is 0 Å². The molecular formula is C8H12ClN3O. The Bertz CT molecular complexity index is 218. The molecule has 0 aromatic rings. The molecule has 0 radical (unpaired) electrons. The van der Waals surface area contributed by atoms with Gasteiger partial charge >= 0.3 is 5.37 Å². The number of halogens is 1. The zero-order valence-electron chi connectivity index (χ0n) is 7.37. The van der Waals surface area contributed by atoms with Crippen molar-refractivity contribution < 1.29 is 4.79 Å². The monoisotopic (exact) mass is 201 g/mol. The second-order valence-corrected chi connectivity index (χ2v) is 3.31. The maximum atomic E-state index is 10.7. The van der Waals surface area contributed by atoms with Gasteiger partial charge in [0.05, 0.1) is 6.07 Å². The summed E-state index contributed by atoms with van der Waals surface area (Å²) in [5.41, 5.74) is 0. The predicted octanol–water partition coefficient (Wildman–Crippen LogP) is 0.876. The third-order valence-electron chi connectivity index (χ3n) is 2.16. The second-order valence-electron chi connectivity index (χ2n) is 2.99. The molecule has 72 valence electrons. The van der Waals surface area contributed by atoms with Gasteiger partial charge in [-0.25, -0.2) is 0 Å². The van der Waals surface area contributed by atoms with Crippen molar-refractivity contribution in [1.82, 2.24) is 9.80 Å². The molecule has 1 saturated heterocycles. The van der Waals surface area contributed by atoms with Crippen molar-refractivity contribution in [2.45, 2.75) is 6.42 Å². The Hall–Kier alpha value is -0.790. The van der Waals surface area contributed by atoms with Gasteiger partial charge < -0.3 is 4.90 Å². The summed E-state index contributed by atoms with van der Waals surface area (Å²) in [6, 6.07) is 2.10. The number of hydrogen-bond donors (Lipinski definition) is 0. The van der Waals surface area contributed by atoms with Gasteiger partial charge in [-0.2, -0.15) is 5.26 Å². The van der Waals surface area contributed by atoms with E-state index in [0.717, 1.165) is 19.6 Å². The van der Waals surface area contributed by atoms with E-state index in [1.807, 2.05) is 0 Å². The molecule has 0 aromatic heterocycles. The van der Waals surface area contributed by atoms with Crippen molar-refractivity contribution in [3.63, 3.8) is 0 Å². The predicted molar refractivity (Wildman–Crippen MR) is 49.5 cm³/mol. The normalized spacial score (nSPS) is 18.3. The molecule has 1 amide bonds. The molecule has 0 unspecified atom stereocenters. The van der Waals surface area contributed by atoms with Crippen molar-refractivity contribution in [2.75, 3.05) is 32.7 Å². The van der Waals surface area contributed by atoms with Crippen molar-refractivity contribution in [3.8, 4) is 6.07 Å². The molecule has 0 atom stereocenters. The van der Waals surface area contributed by atoms with Gasteiger partial charge in [-0.15, -0.1) is 0 Å². The first-order chi connectivity index (χ1) is 6.24. The van der Waals surface area contributed by atoms with Crippen LogP contribution >= 0.6 is 11.6 Å². The Morgan fingerprint density at radius 1 is 1.38 bits per heavy atom. The van der Waals surface area contributed by atoms with Crippen LogP contribution in [0.4, 0.5) is 4.79 Å². The lowest BCUT2D eigenvalue weighted by Gasteiger charge is -2.32. The van der Waals surface area contributed by atoms with Gasteiger partial charge in [-0.3, -0.25) is 9.69 Å². The molecule has 13 heavy (non-hydrogen) atoms. The van der Waals surface area contributed by atoms with Gasteiger partial charge in [-0.1, -0.05) is 0 Å². The van der Waals surface area contributed by atoms with E-state index in [1.165, 1.54) is 0 Å². The van der Waals surface area contributed by atoms with Crippen LogP contribution in [0.15, 0.2) is 0 Å². The first-order valence-corrected chi connectivity index (χ1v) is 4.65. The highest BCUT2D eigenvalue weighted by atomic mass is 35.5. The molecule has 5 heteroatoms. The molecule has 0 aromatic carbocycles. The van der Waals surface area contributed by atoms with Crippen molar-refractivity contribution in [3.05, 3.63) is 0 Å². The highest BCUT2D eigenvalue weighted by molar-refractivity contribution is 6.62. The SMILES string of the molecule is N#CCCN1CCN(C(=O)Cl)CC1. The topological polar surface area (TPSA) is 47.3 Å². The number of carbonyl (C=O) groups is 1. The van der Waals surface area contributed by atoms with Crippen LogP contribution in [-0.4, -0.2) is 47.9 Å². The van der Waals surface area contributed by atoms with Gasteiger partial charge in [0, 0.05) is 39.1 Å². The molecule has 1 fully saturated rings. The molecule has 0 bridgehead atoms. The summed E-state index contributed by atoms with van der Waals surface area (Å²) >= 11 is 5.32. The summed E-state index contributed by atoms with van der Waals surface area (Å²) in [7, 11) is 0. The number of piperazine rings is 1. The number of carbonyl (C=O) groups excluding carboxylic acids is 1. The van der Waals surface area contributed by atoms with Crippen LogP contribution in [-0.2, 0) is 0 Å². The van der Waals surface area contributed by atoms with Gasteiger partial charge in [0.2, 0.25) is 0 Å². The van der Waals surface area contributed by atoms with E-state index in [9.17, 15) is 4.79 Å². The lowest BCUT2D eigenvalue weighted by atomic mass is 10.3. The molecule has 0 spiro atoms. The van der Waals surface area contributed by atoms with Crippen molar-refractivity contribution in [2.24, 2.45) is 0 Å². The summed E-state index contributed by atoms with van der Waals surface area (Å²) in [6.45, 7) is 3.78. The highest BCUT2D eigenvalue weighted by Crippen LogP contribution is 2.04. The number of amides is 1. The quantitative estimate of drug-likeness (QED) is 0.492. The largest absolute Gasteiger partial charge is 0.327 e. The fourth-order valence-electron chi connectivity index (χ4n) is 1.36. The standard InChI is InChI=1S/C8H12ClN3O/c9-8(13)12-6-4-11(5-7-12)3-1-2-10/h1,3-7H2. The number of nitriles is 1. The zero-order valence-corrected chi connectivity index (χ0v) is 8.13. The first kappa shape index (κ1) is 10.3. The van der Waals surface area contributed by atoms with E-state index < -0.39 is 0 Å². The summed E-state index contributed by atoms with van der Waals surface area (Å²) < 4.78 is 0. The van der Waals surface area contributed by atoms with Crippen LogP contribution in [0.2, 0.25) is 0 Å². The average molecular weight is 202 g/mol. The maximum absolute atomic E-state index is 10.7. The highest BCUT2D eigenvalue weighted by Gasteiger charge is 2.18. The zero-order chi connectivity index (χ0) is 9.68. The van der Waals surface area contributed by atoms with Gasteiger partial charge in [0.1, 0.15) is 0 Å². The van der Waals surface area contributed by atoms with Crippen LogP contribution in [0.25, 0.3) is 0 Å². The summed E-state index contributed by atoms with van der Waals surface area (Å²) in [5, 5.41) is 8.00. The minimum Gasteiger partial charge on any atom is -0.327 e. The van der Waals surface area contributed by atoms with E-state index in [-0.39, 0.29) is 5.37 Å². The number of hydrogen-bond acceptors (Lipinski definition) is 3. The van der Waals surface area contributed by atoms with Crippen LogP contribution in [0.1, 0.15) is 6.42 Å². The Kier molecular flexibility index (Phi) is 4.00. The third kappa shape index (κ3) is 3.21. The number of rotatable bonds is 2.